The van der Waals surface area contributed by atoms with Crippen LogP contribution in [0.2, 0.25) is 0 Å². The second-order valence-corrected chi connectivity index (χ2v) is 3.76. The minimum absolute atomic E-state index is 0. The molecule has 0 heterocycles. The van der Waals surface area contributed by atoms with Crippen molar-refractivity contribution in [2.75, 3.05) is 20.1 Å². The van der Waals surface area contributed by atoms with Crippen molar-refractivity contribution >= 4 is 18.3 Å². The van der Waals surface area contributed by atoms with Crippen molar-refractivity contribution in [2.45, 2.75) is 12.6 Å². The van der Waals surface area contributed by atoms with Gasteiger partial charge in [-0.3, -0.25) is 4.79 Å². The van der Waals surface area contributed by atoms with Gasteiger partial charge in [-0.1, -0.05) is 12.1 Å². The maximum Gasteiger partial charge on any atom is 0.417 e. The largest absolute Gasteiger partial charge is 0.417 e. The van der Waals surface area contributed by atoms with Crippen LogP contribution in [0.15, 0.2) is 24.3 Å². The zero-order valence-electron chi connectivity index (χ0n) is 10.4. The van der Waals surface area contributed by atoms with Crippen molar-refractivity contribution in [2.24, 2.45) is 0 Å². The topological polar surface area (TPSA) is 41.1 Å². The van der Waals surface area contributed by atoms with Crippen LogP contribution in [0, 0.1) is 0 Å². The third kappa shape index (κ3) is 5.48. The van der Waals surface area contributed by atoms with Gasteiger partial charge in [-0.15, -0.1) is 12.4 Å². The van der Waals surface area contributed by atoms with Crippen LogP contribution in [0.4, 0.5) is 13.2 Å². The summed E-state index contributed by atoms with van der Waals surface area (Å²) in [6, 6.07) is 4.76. The Morgan fingerprint density at radius 1 is 1.21 bits per heavy atom. The molecule has 0 atom stereocenters. The first kappa shape index (κ1) is 17.7. The lowest BCUT2D eigenvalue weighted by molar-refractivity contribution is -0.137. The van der Waals surface area contributed by atoms with Crippen molar-refractivity contribution in [3.8, 4) is 0 Å². The van der Waals surface area contributed by atoms with Crippen molar-refractivity contribution in [1.82, 2.24) is 10.6 Å². The Balaban J connectivity index is 0.00000324. The normalized spacial score (nSPS) is 10.7. The van der Waals surface area contributed by atoms with Gasteiger partial charge in [0, 0.05) is 6.54 Å². The number of halogens is 4. The van der Waals surface area contributed by atoms with E-state index in [9.17, 15) is 18.0 Å². The van der Waals surface area contributed by atoms with Crippen molar-refractivity contribution in [3.05, 3.63) is 35.4 Å². The number of hydrogen-bond acceptors (Lipinski definition) is 2. The fraction of sp³-hybridized carbons (Fsp3) is 0.417. The molecule has 0 aliphatic rings. The summed E-state index contributed by atoms with van der Waals surface area (Å²) in [6.45, 7) is 1.03. The number of hydrogen-bond donors (Lipinski definition) is 2. The molecule has 0 saturated carbocycles. The van der Waals surface area contributed by atoms with Gasteiger partial charge < -0.3 is 10.6 Å². The maximum absolute atomic E-state index is 12.7. The quantitative estimate of drug-likeness (QED) is 0.820. The highest BCUT2D eigenvalue weighted by Crippen LogP contribution is 2.31. The van der Waals surface area contributed by atoms with E-state index in [0.717, 1.165) is 6.07 Å². The van der Waals surface area contributed by atoms with E-state index < -0.39 is 17.6 Å². The van der Waals surface area contributed by atoms with Gasteiger partial charge in [0.25, 0.3) is 5.91 Å². The Morgan fingerprint density at radius 2 is 1.84 bits per heavy atom. The van der Waals surface area contributed by atoms with Gasteiger partial charge in [0.05, 0.1) is 11.1 Å². The number of carbonyl (C=O) groups is 1. The van der Waals surface area contributed by atoms with E-state index in [2.05, 4.69) is 10.6 Å². The Labute approximate surface area is 116 Å². The molecule has 0 aromatic heterocycles. The molecule has 0 fully saturated rings. The summed E-state index contributed by atoms with van der Waals surface area (Å²) in [6.07, 6.45) is -3.85. The Hall–Kier alpha value is -1.27. The van der Waals surface area contributed by atoms with Crippen LogP contribution < -0.4 is 10.6 Å². The van der Waals surface area contributed by atoms with Crippen molar-refractivity contribution < 1.29 is 18.0 Å². The highest BCUT2D eigenvalue weighted by atomic mass is 35.5. The lowest BCUT2D eigenvalue weighted by Gasteiger charge is -2.12. The number of rotatable bonds is 5. The minimum atomic E-state index is -4.51. The summed E-state index contributed by atoms with van der Waals surface area (Å²) in [5.41, 5.74) is -1.24. The van der Waals surface area contributed by atoms with Gasteiger partial charge in [0.2, 0.25) is 0 Å². The number of alkyl halides is 3. The smallest absolute Gasteiger partial charge is 0.352 e. The molecule has 0 bridgehead atoms. The molecule has 0 spiro atoms. The van der Waals surface area contributed by atoms with E-state index >= 15 is 0 Å². The fourth-order valence-corrected chi connectivity index (χ4v) is 1.49. The van der Waals surface area contributed by atoms with Gasteiger partial charge >= 0.3 is 6.18 Å². The summed E-state index contributed by atoms with van der Waals surface area (Å²) in [7, 11) is 1.76. The minimum Gasteiger partial charge on any atom is -0.352 e. The van der Waals surface area contributed by atoms with Crippen LogP contribution in [-0.4, -0.2) is 26.0 Å². The monoisotopic (exact) mass is 296 g/mol. The Morgan fingerprint density at radius 3 is 2.42 bits per heavy atom. The number of benzene rings is 1. The summed E-state index contributed by atoms with van der Waals surface area (Å²) in [5, 5.41) is 5.35. The zero-order valence-corrected chi connectivity index (χ0v) is 11.2. The van der Waals surface area contributed by atoms with Gasteiger partial charge in [0.1, 0.15) is 0 Å². The first-order valence-corrected chi connectivity index (χ1v) is 5.56. The fourth-order valence-electron chi connectivity index (χ4n) is 1.49. The van der Waals surface area contributed by atoms with Crippen molar-refractivity contribution in [1.29, 1.82) is 0 Å². The van der Waals surface area contributed by atoms with Gasteiger partial charge in [-0.05, 0) is 32.1 Å². The molecule has 0 aliphatic carbocycles. The van der Waals surface area contributed by atoms with Gasteiger partial charge in [0.15, 0.2) is 0 Å². The third-order valence-corrected chi connectivity index (χ3v) is 2.37. The van der Waals surface area contributed by atoms with Crippen LogP contribution >= 0.6 is 12.4 Å². The highest BCUT2D eigenvalue weighted by molar-refractivity contribution is 5.95. The molecule has 7 heteroatoms. The lowest BCUT2D eigenvalue weighted by Crippen LogP contribution is -2.28. The number of carbonyl (C=O) groups excluding carboxylic acids is 1. The lowest BCUT2D eigenvalue weighted by atomic mass is 10.1. The van der Waals surface area contributed by atoms with E-state index in [1.54, 1.807) is 7.05 Å². The highest BCUT2D eigenvalue weighted by Gasteiger charge is 2.34. The molecule has 0 radical (unpaired) electrons. The molecule has 1 amide bonds. The van der Waals surface area contributed by atoms with Crippen LogP contribution in [0.25, 0.3) is 0 Å². The molecular weight excluding hydrogens is 281 g/mol. The van der Waals surface area contributed by atoms with Crippen LogP contribution in [0.1, 0.15) is 22.3 Å². The summed E-state index contributed by atoms with van der Waals surface area (Å²) in [4.78, 5) is 11.6. The predicted molar refractivity (Wildman–Crippen MR) is 69.6 cm³/mol. The van der Waals surface area contributed by atoms with Crippen LogP contribution in [0.3, 0.4) is 0 Å². The summed E-state index contributed by atoms with van der Waals surface area (Å²) < 4.78 is 38.0. The second kappa shape index (κ2) is 8.01. The first-order chi connectivity index (χ1) is 8.46. The molecule has 0 aliphatic heterocycles. The zero-order chi connectivity index (χ0) is 13.6. The molecule has 1 aromatic carbocycles. The predicted octanol–water partition coefficient (Wildman–Crippen LogP) is 2.47. The number of amides is 1. The van der Waals surface area contributed by atoms with E-state index in [1.807, 2.05) is 0 Å². The van der Waals surface area contributed by atoms with Crippen molar-refractivity contribution in [3.63, 3.8) is 0 Å². The van der Waals surface area contributed by atoms with E-state index in [-0.39, 0.29) is 18.0 Å². The summed E-state index contributed by atoms with van der Waals surface area (Å²) in [5.74, 6) is -0.695. The summed E-state index contributed by atoms with van der Waals surface area (Å²) >= 11 is 0. The van der Waals surface area contributed by atoms with Crippen LogP contribution in [0.5, 0.6) is 0 Å². The molecule has 0 unspecified atom stereocenters. The third-order valence-electron chi connectivity index (χ3n) is 2.37. The second-order valence-electron chi connectivity index (χ2n) is 3.76. The maximum atomic E-state index is 12.7. The Bertz CT molecular complexity index is 410. The van der Waals surface area contributed by atoms with Gasteiger partial charge in [-0.2, -0.15) is 13.2 Å². The molecule has 108 valence electrons. The standard InChI is InChI=1S/C12H15F3N2O.ClH/c1-16-7-4-8-17-11(18)9-5-2-3-6-10(9)12(13,14)15;/h2-3,5-6,16H,4,7-8H2,1H3,(H,17,18);1H. The molecule has 1 aromatic rings. The molecular formula is C12H16ClF3N2O. The molecule has 19 heavy (non-hydrogen) atoms. The molecule has 1 rings (SSSR count). The number of nitrogens with one attached hydrogen (secondary N) is 2. The average Bonchev–Trinajstić information content (AvgIpc) is 2.33. The van der Waals surface area contributed by atoms with E-state index in [4.69, 9.17) is 0 Å². The Kier molecular flexibility index (Phi) is 7.48. The van der Waals surface area contributed by atoms with Gasteiger partial charge in [-0.25, -0.2) is 0 Å². The van der Waals surface area contributed by atoms with E-state index in [0.29, 0.717) is 19.5 Å². The molecule has 0 saturated heterocycles. The van der Waals surface area contributed by atoms with Crippen LogP contribution in [-0.2, 0) is 6.18 Å². The molecule has 2 N–H and O–H groups in total. The average molecular weight is 297 g/mol. The molecule has 3 nitrogen and oxygen atoms in total. The van der Waals surface area contributed by atoms with E-state index in [1.165, 1.54) is 18.2 Å². The first-order valence-electron chi connectivity index (χ1n) is 5.56. The SMILES string of the molecule is CNCCCNC(=O)c1ccccc1C(F)(F)F.Cl.